The molecule has 94 valence electrons. The highest BCUT2D eigenvalue weighted by atomic mass is 32.2. The molecular weight excluding hydrogens is 224 g/mol. The number of carbonyl (C=O) groups excluding carboxylic acids is 1. The van der Waals surface area contributed by atoms with Gasteiger partial charge >= 0.3 is 5.97 Å². The summed E-state index contributed by atoms with van der Waals surface area (Å²) in [5.41, 5.74) is 0. The molecule has 0 aromatic carbocycles. The van der Waals surface area contributed by atoms with Gasteiger partial charge in [0.2, 0.25) is 0 Å². The summed E-state index contributed by atoms with van der Waals surface area (Å²) in [6, 6.07) is -0.0580. The van der Waals surface area contributed by atoms with E-state index in [0.29, 0.717) is 0 Å². The van der Waals surface area contributed by atoms with Crippen LogP contribution in [0.25, 0.3) is 0 Å². The third kappa shape index (κ3) is 4.31. The second-order valence-electron chi connectivity index (χ2n) is 3.96. The standard InChI is InChI=1S/C11H22N2O2S/c1-15-11(14)10(4-9-16-2)13-7-3-5-12-6-8-13/h10,12H,3-9H2,1-2H3. The first-order chi connectivity index (χ1) is 7.79. The third-order valence-corrected chi connectivity index (χ3v) is 3.53. The predicted molar refractivity (Wildman–Crippen MR) is 67.9 cm³/mol. The molecule has 1 aliphatic heterocycles. The van der Waals surface area contributed by atoms with Crippen molar-refractivity contribution < 1.29 is 9.53 Å². The zero-order valence-corrected chi connectivity index (χ0v) is 11.0. The number of carbonyl (C=O) groups is 1. The fourth-order valence-electron chi connectivity index (χ4n) is 1.99. The first-order valence-corrected chi connectivity index (χ1v) is 7.20. The predicted octanol–water partition coefficient (Wildman–Crippen LogP) is 0.576. The molecule has 16 heavy (non-hydrogen) atoms. The minimum atomic E-state index is -0.0871. The van der Waals surface area contributed by atoms with Gasteiger partial charge in [0, 0.05) is 19.6 Å². The first-order valence-electron chi connectivity index (χ1n) is 5.81. The summed E-state index contributed by atoms with van der Waals surface area (Å²) in [4.78, 5) is 14.0. The molecule has 0 saturated carbocycles. The molecule has 1 fully saturated rings. The van der Waals surface area contributed by atoms with E-state index in [-0.39, 0.29) is 12.0 Å². The largest absolute Gasteiger partial charge is 0.468 e. The quantitative estimate of drug-likeness (QED) is 0.719. The van der Waals surface area contributed by atoms with Crippen LogP contribution in [0.3, 0.4) is 0 Å². The van der Waals surface area contributed by atoms with E-state index in [9.17, 15) is 4.79 Å². The summed E-state index contributed by atoms with van der Waals surface area (Å²) in [6.07, 6.45) is 4.05. The summed E-state index contributed by atoms with van der Waals surface area (Å²) in [7, 11) is 1.48. The Morgan fingerprint density at radius 3 is 3.00 bits per heavy atom. The summed E-state index contributed by atoms with van der Waals surface area (Å²) < 4.78 is 4.89. The molecule has 0 radical (unpaired) electrons. The second kappa shape index (κ2) is 7.92. The minimum Gasteiger partial charge on any atom is -0.468 e. The zero-order valence-electron chi connectivity index (χ0n) is 10.2. The second-order valence-corrected chi connectivity index (χ2v) is 4.95. The molecule has 5 heteroatoms. The van der Waals surface area contributed by atoms with Crippen molar-refractivity contribution in [3.8, 4) is 0 Å². The molecule has 0 amide bonds. The van der Waals surface area contributed by atoms with Gasteiger partial charge in [-0.05, 0) is 31.4 Å². The van der Waals surface area contributed by atoms with Gasteiger partial charge in [0.05, 0.1) is 7.11 Å². The van der Waals surface area contributed by atoms with E-state index in [0.717, 1.165) is 44.8 Å². The normalized spacial score (nSPS) is 20.1. The van der Waals surface area contributed by atoms with Crippen LogP contribution in [-0.2, 0) is 9.53 Å². The van der Waals surface area contributed by atoms with E-state index in [1.807, 2.05) is 0 Å². The molecule has 1 rings (SSSR count). The van der Waals surface area contributed by atoms with Gasteiger partial charge in [-0.3, -0.25) is 9.69 Å². The lowest BCUT2D eigenvalue weighted by molar-refractivity contribution is -0.147. The van der Waals surface area contributed by atoms with Crippen LogP contribution in [0, 0.1) is 0 Å². The van der Waals surface area contributed by atoms with Crippen molar-refractivity contribution in [1.82, 2.24) is 10.2 Å². The Bertz CT molecular complexity index is 206. The van der Waals surface area contributed by atoms with Crippen LogP contribution >= 0.6 is 11.8 Å². The van der Waals surface area contributed by atoms with Crippen LogP contribution in [0.4, 0.5) is 0 Å². The number of hydrogen-bond donors (Lipinski definition) is 1. The maximum Gasteiger partial charge on any atom is 0.323 e. The number of methoxy groups -OCH3 is 1. The highest BCUT2D eigenvalue weighted by molar-refractivity contribution is 7.98. The molecule has 0 aliphatic carbocycles. The zero-order chi connectivity index (χ0) is 11.8. The number of nitrogens with one attached hydrogen (secondary N) is 1. The topological polar surface area (TPSA) is 41.6 Å². The molecule has 4 nitrogen and oxygen atoms in total. The SMILES string of the molecule is COC(=O)C(CCSC)N1CCCNCC1. The fraction of sp³-hybridized carbons (Fsp3) is 0.909. The van der Waals surface area contributed by atoms with Crippen LogP contribution in [0.1, 0.15) is 12.8 Å². The average Bonchev–Trinajstić information content (AvgIpc) is 2.58. The van der Waals surface area contributed by atoms with E-state index < -0.39 is 0 Å². The van der Waals surface area contributed by atoms with Crippen molar-refractivity contribution in [1.29, 1.82) is 0 Å². The van der Waals surface area contributed by atoms with Gasteiger partial charge in [-0.2, -0.15) is 11.8 Å². The van der Waals surface area contributed by atoms with E-state index in [1.54, 1.807) is 11.8 Å². The van der Waals surface area contributed by atoms with Crippen molar-refractivity contribution in [3.63, 3.8) is 0 Å². The van der Waals surface area contributed by atoms with Crippen LogP contribution in [0.15, 0.2) is 0 Å². The molecule has 1 unspecified atom stereocenters. The van der Waals surface area contributed by atoms with Crippen molar-refractivity contribution >= 4 is 17.7 Å². The van der Waals surface area contributed by atoms with E-state index in [4.69, 9.17) is 4.74 Å². The van der Waals surface area contributed by atoms with E-state index >= 15 is 0 Å². The van der Waals surface area contributed by atoms with Crippen molar-refractivity contribution in [3.05, 3.63) is 0 Å². The van der Waals surface area contributed by atoms with E-state index in [2.05, 4.69) is 16.5 Å². The van der Waals surface area contributed by atoms with Gasteiger partial charge in [0.15, 0.2) is 0 Å². The van der Waals surface area contributed by atoms with Crippen LogP contribution in [0.5, 0.6) is 0 Å². The van der Waals surface area contributed by atoms with Gasteiger partial charge in [-0.25, -0.2) is 0 Å². The van der Waals surface area contributed by atoms with E-state index in [1.165, 1.54) is 7.11 Å². The molecule has 0 aromatic rings. The Morgan fingerprint density at radius 1 is 1.50 bits per heavy atom. The molecule has 0 bridgehead atoms. The molecule has 0 aromatic heterocycles. The molecule has 1 N–H and O–H groups in total. The van der Waals surface area contributed by atoms with Gasteiger partial charge in [-0.15, -0.1) is 0 Å². The third-order valence-electron chi connectivity index (χ3n) is 2.88. The van der Waals surface area contributed by atoms with Gasteiger partial charge in [0.25, 0.3) is 0 Å². The lowest BCUT2D eigenvalue weighted by Crippen LogP contribution is -2.44. The minimum absolute atomic E-state index is 0.0580. The molecular formula is C11H22N2O2S. The molecule has 1 aliphatic rings. The first kappa shape index (κ1) is 13.8. The molecule has 1 atom stereocenters. The number of ether oxygens (including phenoxy) is 1. The Hall–Kier alpha value is -0.260. The van der Waals surface area contributed by atoms with Crippen molar-refractivity contribution in [2.45, 2.75) is 18.9 Å². The van der Waals surface area contributed by atoms with Crippen LogP contribution in [-0.4, -0.2) is 62.2 Å². The fourth-order valence-corrected chi connectivity index (χ4v) is 2.45. The maximum atomic E-state index is 11.7. The van der Waals surface area contributed by atoms with Crippen LogP contribution in [0.2, 0.25) is 0 Å². The summed E-state index contributed by atoms with van der Waals surface area (Å²) in [5, 5.41) is 3.35. The number of hydrogen-bond acceptors (Lipinski definition) is 5. The van der Waals surface area contributed by atoms with Gasteiger partial charge in [-0.1, -0.05) is 0 Å². The Labute approximate surface area is 102 Å². The number of nitrogens with zero attached hydrogens (tertiary/aromatic N) is 1. The van der Waals surface area contributed by atoms with Crippen molar-refractivity contribution in [2.75, 3.05) is 45.3 Å². The number of rotatable bonds is 5. The maximum absolute atomic E-state index is 11.7. The van der Waals surface area contributed by atoms with Gasteiger partial charge in [0.1, 0.15) is 6.04 Å². The smallest absolute Gasteiger partial charge is 0.323 e. The Morgan fingerprint density at radius 2 is 2.31 bits per heavy atom. The lowest BCUT2D eigenvalue weighted by Gasteiger charge is -2.27. The summed E-state index contributed by atoms with van der Waals surface area (Å²) in [5.74, 6) is 0.917. The monoisotopic (exact) mass is 246 g/mol. The molecule has 1 saturated heterocycles. The Balaban J connectivity index is 2.54. The number of thioether (sulfide) groups is 1. The summed E-state index contributed by atoms with van der Waals surface area (Å²) in [6.45, 7) is 3.94. The highest BCUT2D eigenvalue weighted by Gasteiger charge is 2.26. The van der Waals surface area contributed by atoms with Crippen molar-refractivity contribution in [2.24, 2.45) is 0 Å². The Kier molecular flexibility index (Phi) is 6.84. The molecule has 1 heterocycles. The lowest BCUT2D eigenvalue weighted by atomic mass is 10.2. The molecule has 0 spiro atoms. The average molecular weight is 246 g/mol. The summed E-state index contributed by atoms with van der Waals surface area (Å²) >= 11 is 1.78. The number of esters is 1. The highest BCUT2D eigenvalue weighted by Crippen LogP contribution is 2.11. The van der Waals surface area contributed by atoms with Crippen LogP contribution < -0.4 is 5.32 Å². The van der Waals surface area contributed by atoms with Gasteiger partial charge < -0.3 is 10.1 Å².